The fourth-order valence-corrected chi connectivity index (χ4v) is 5.14. The molecule has 8 N–H and O–H groups in total. The van der Waals surface area contributed by atoms with Crippen LogP contribution in [0.2, 0.25) is 0 Å². The van der Waals surface area contributed by atoms with Gasteiger partial charge in [0.2, 0.25) is 35.4 Å². The van der Waals surface area contributed by atoms with Gasteiger partial charge in [0.1, 0.15) is 18.4 Å². The maximum atomic E-state index is 13.0. The quantitative estimate of drug-likeness (QED) is 0.0476. The van der Waals surface area contributed by atoms with Gasteiger partial charge in [0.15, 0.2) is 0 Å². The molecule has 0 saturated heterocycles. The molecule has 0 aliphatic rings. The number of nitrogens with two attached hydrogens (primary N) is 1. The van der Waals surface area contributed by atoms with E-state index in [2.05, 4.69) is 26.6 Å². The van der Waals surface area contributed by atoms with Crippen LogP contribution in [0.15, 0.2) is 18.2 Å². The first kappa shape index (κ1) is 44.5. The van der Waals surface area contributed by atoms with Crippen molar-refractivity contribution in [1.29, 1.82) is 0 Å². The van der Waals surface area contributed by atoms with Crippen LogP contribution >= 0.6 is 22.6 Å². The molecule has 15 nitrogen and oxygen atoms in total. The van der Waals surface area contributed by atoms with E-state index >= 15 is 0 Å². The lowest BCUT2D eigenvalue weighted by Gasteiger charge is -2.19. The normalized spacial score (nSPS) is 12.0. The molecule has 0 aliphatic carbocycles. The molecule has 0 spiro atoms. The van der Waals surface area contributed by atoms with E-state index in [1.54, 1.807) is 19.1 Å². The summed E-state index contributed by atoms with van der Waals surface area (Å²) < 4.78 is 11.2. The summed E-state index contributed by atoms with van der Waals surface area (Å²) in [6, 6.07) is 4.47. The number of halogens is 1. The third kappa shape index (κ3) is 22.3. The molecule has 1 rings (SSSR count). The van der Waals surface area contributed by atoms with Gasteiger partial charge in [-0.25, -0.2) is 0 Å². The first-order valence-corrected chi connectivity index (χ1v) is 18.2. The maximum Gasteiger partial charge on any atom is 0.245 e. The van der Waals surface area contributed by atoms with E-state index in [1.807, 2.05) is 28.7 Å². The number of carbonyl (C=O) groups excluding carboxylic acids is 6. The molecule has 282 valence electrons. The number of likely N-dealkylation sites (N-methyl/N-ethyl adjacent to an activating group) is 1. The minimum absolute atomic E-state index is 0.0431. The molecule has 0 bridgehead atoms. The number of hydrogen-bond donors (Lipinski definition) is 7. The molecule has 0 saturated carbocycles. The molecule has 0 radical (unpaired) electrons. The lowest BCUT2D eigenvalue weighted by atomic mass is 10.0. The first-order chi connectivity index (χ1) is 23.9. The van der Waals surface area contributed by atoms with Crippen molar-refractivity contribution in [3.8, 4) is 5.75 Å². The van der Waals surface area contributed by atoms with E-state index in [4.69, 9.17) is 15.2 Å². The highest BCUT2D eigenvalue weighted by atomic mass is 125. The largest absolute Gasteiger partial charge is 0.507 e. The van der Waals surface area contributed by atoms with Crippen molar-refractivity contribution in [1.82, 2.24) is 26.6 Å². The predicted molar refractivity (Wildman–Crippen MR) is 196 cm³/mol. The Bertz CT molecular complexity index is 1220. The molecule has 1 aromatic rings. The van der Waals surface area contributed by atoms with E-state index in [0.29, 0.717) is 71.0 Å². The SMILES string of the molecule is CNC(=O)COCCOCCNC(=O)CCCC(=O)N[C@@H](CCCCNC(=O)CCc1ccc(O)c([125I])c1)C(=O)NCCCC[C@H](C)C(N)=O. The van der Waals surface area contributed by atoms with Crippen LogP contribution in [0.25, 0.3) is 0 Å². The van der Waals surface area contributed by atoms with Crippen molar-refractivity contribution in [2.45, 2.75) is 83.6 Å². The average molecular weight is 817 g/mol. The lowest BCUT2D eigenvalue weighted by Crippen LogP contribution is -2.47. The molecule has 0 unspecified atom stereocenters. The molecular weight excluding hydrogens is 761 g/mol. The Morgan fingerprint density at radius 2 is 1.42 bits per heavy atom. The van der Waals surface area contributed by atoms with Crippen molar-refractivity contribution in [2.24, 2.45) is 11.7 Å². The number of hydrogen-bond acceptors (Lipinski definition) is 9. The minimum Gasteiger partial charge on any atom is -0.507 e. The molecule has 2 atom stereocenters. The minimum atomic E-state index is -0.772. The molecule has 0 aromatic heterocycles. The van der Waals surface area contributed by atoms with E-state index in [1.165, 1.54) is 7.05 Å². The Balaban J connectivity index is 2.41. The second kappa shape index (κ2) is 27.2. The van der Waals surface area contributed by atoms with Gasteiger partial charge in [-0.05, 0) is 85.2 Å². The summed E-state index contributed by atoms with van der Waals surface area (Å²) in [5.74, 6) is -1.59. The van der Waals surface area contributed by atoms with Crippen molar-refractivity contribution in [3.05, 3.63) is 27.3 Å². The number of unbranched alkanes of at least 4 members (excludes halogenated alkanes) is 2. The van der Waals surface area contributed by atoms with Gasteiger partial charge < -0.3 is 46.9 Å². The van der Waals surface area contributed by atoms with Crippen LogP contribution in [0.1, 0.15) is 76.7 Å². The Labute approximate surface area is 308 Å². The highest BCUT2D eigenvalue weighted by Crippen LogP contribution is 2.20. The van der Waals surface area contributed by atoms with Crippen LogP contribution in [0, 0.1) is 9.49 Å². The number of nitrogens with one attached hydrogen (secondary N) is 5. The van der Waals surface area contributed by atoms with E-state index in [9.17, 15) is 33.9 Å². The van der Waals surface area contributed by atoms with E-state index in [0.717, 1.165) is 15.6 Å². The molecule has 6 amide bonds. The smallest absolute Gasteiger partial charge is 0.245 e. The summed E-state index contributed by atoms with van der Waals surface area (Å²) in [5, 5.41) is 23.4. The number of ether oxygens (including phenoxy) is 2. The van der Waals surface area contributed by atoms with Gasteiger partial charge in [0, 0.05) is 51.9 Å². The van der Waals surface area contributed by atoms with Crippen molar-refractivity contribution < 1.29 is 43.3 Å². The molecular formula is C34H55IN6O9. The Morgan fingerprint density at radius 1 is 0.780 bits per heavy atom. The number of rotatable bonds is 28. The Hall–Kier alpha value is -3.51. The van der Waals surface area contributed by atoms with Crippen LogP contribution in [0.3, 0.4) is 0 Å². The number of phenolic OH excluding ortho intramolecular Hbond substituents is 1. The molecule has 0 aliphatic heterocycles. The highest BCUT2D eigenvalue weighted by Gasteiger charge is 2.20. The maximum absolute atomic E-state index is 13.0. The number of phenols is 1. The van der Waals surface area contributed by atoms with Crippen LogP contribution < -0.4 is 32.3 Å². The Kier molecular flexibility index (Phi) is 24.3. The van der Waals surface area contributed by atoms with Crippen molar-refractivity contribution in [3.63, 3.8) is 0 Å². The van der Waals surface area contributed by atoms with Gasteiger partial charge in [-0.1, -0.05) is 19.4 Å². The molecule has 1 aromatic carbocycles. The number of aryl methyl sites for hydroxylation is 1. The monoisotopic (exact) mass is 816 g/mol. The lowest BCUT2D eigenvalue weighted by molar-refractivity contribution is -0.129. The van der Waals surface area contributed by atoms with E-state index < -0.39 is 6.04 Å². The third-order valence-corrected chi connectivity index (χ3v) is 8.52. The standard InChI is InChI=1S/C34H55IN6O9/c1-24(33(36)47)8-3-5-17-40-34(48)27(9-4-6-16-38-30(44)15-13-25-12-14-28(42)26(35)22-25)41-31(45)11-7-10-29(43)39-18-19-49-20-21-50-23-32(46)37-2/h12,14,22,24,27,42H,3-11,13,15-21,23H2,1-2H3,(H2,36,47)(H,37,46)(H,38,44)(H,39,43)(H,40,48)(H,41,45)/t24-,27-/m0/s1/i35-2. The summed E-state index contributed by atoms with van der Waals surface area (Å²) in [5.41, 5.74) is 6.26. The fraction of sp³-hybridized carbons (Fsp3) is 0.647. The van der Waals surface area contributed by atoms with Gasteiger partial charge in [0.25, 0.3) is 0 Å². The summed E-state index contributed by atoms with van der Waals surface area (Å²) in [4.78, 5) is 72.5. The summed E-state index contributed by atoms with van der Waals surface area (Å²) >= 11 is 2.04. The van der Waals surface area contributed by atoms with Gasteiger partial charge in [-0.3, -0.25) is 28.8 Å². The number of primary amides is 1. The van der Waals surface area contributed by atoms with E-state index in [-0.39, 0.29) is 86.4 Å². The first-order valence-electron chi connectivity index (χ1n) is 17.2. The predicted octanol–water partition coefficient (Wildman–Crippen LogP) is 1.17. The molecule has 16 heteroatoms. The van der Waals surface area contributed by atoms with Crippen LogP contribution in [0.4, 0.5) is 0 Å². The second-order valence-corrected chi connectivity index (χ2v) is 13.0. The highest BCUT2D eigenvalue weighted by molar-refractivity contribution is 14.1. The zero-order valence-corrected chi connectivity index (χ0v) is 31.4. The number of carbonyl (C=O) groups is 6. The van der Waals surface area contributed by atoms with Gasteiger partial charge in [-0.15, -0.1) is 0 Å². The second-order valence-electron chi connectivity index (χ2n) is 11.9. The van der Waals surface area contributed by atoms with Crippen LogP contribution in [-0.2, 0) is 44.7 Å². The zero-order valence-electron chi connectivity index (χ0n) is 29.3. The molecule has 0 fully saturated rings. The fourth-order valence-electron chi connectivity index (χ4n) is 4.56. The van der Waals surface area contributed by atoms with Gasteiger partial charge >= 0.3 is 0 Å². The number of benzene rings is 1. The Morgan fingerprint density at radius 3 is 2.12 bits per heavy atom. The van der Waals surface area contributed by atoms with Crippen molar-refractivity contribution in [2.75, 3.05) is 53.1 Å². The van der Waals surface area contributed by atoms with Gasteiger partial charge in [-0.2, -0.15) is 0 Å². The molecule has 50 heavy (non-hydrogen) atoms. The average Bonchev–Trinajstić information content (AvgIpc) is 3.08. The number of amides is 6. The third-order valence-electron chi connectivity index (χ3n) is 7.66. The van der Waals surface area contributed by atoms with Crippen LogP contribution in [0.5, 0.6) is 5.75 Å². The summed E-state index contributed by atoms with van der Waals surface area (Å²) in [7, 11) is 1.52. The topological polar surface area (TPSA) is 227 Å². The van der Waals surface area contributed by atoms with Gasteiger partial charge in [0.05, 0.1) is 23.4 Å². The molecule has 0 heterocycles. The zero-order chi connectivity index (χ0) is 37.1. The van der Waals surface area contributed by atoms with Crippen molar-refractivity contribution >= 4 is 58.0 Å². The summed E-state index contributed by atoms with van der Waals surface area (Å²) in [6.45, 7) is 3.65. The summed E-state index contributed by atoms with van der Waals surface area (Å²) in [6.07, 6.45) is 4.92. The van der Waals surface area contributed by atoms with Crippen LogP contribution in [-0.4, -0.2) is 99.7 Å². The number of aromatic hydroxyl groups is 1.